The van der Waals surface area contributed by atoms with Gasteiger partial charge in [0.05, 0.1) is 0 Å². The van der Waals surface area contributed by atoms with Crippen molar-refractivity contribution in [1.29, 1.82) is 0 Å². The van der Waals surface area contributed by atoms with Gasteiger partial charge in [-0.2, -0.15) is 0 Å². The SMILES string of the molecule is Cc1cccc(N2CCCCC2CNC(C)c2cccc3ccccc23)c1. The second-order valence-corrected chi connectivity index (χ2v) is 7.88. The van der Waals surface area contributed by atoms with E-state index in [1.807, 2.05) is 0 Å². The van der Waals surface area contributed by atoms with Crippen LogP contribution >= 0.6 is 0 Å². The lowest BCUT2D eigenvalue weighted by molar-refractivity contribution is 0.418. The Labute approximate surface area is 163 Å². The molecule has 1 heterocycles. The van der Waals surface area contributed by atoms with Gasteiger partial charge in [-0.1, -0.05) is 54.6 Å². The summed E-state index contributed by atoms with van der Waals surface area (Å²) in [6.07, 6.45) is 3.89. The zero-order valence-corrected chi connectivity index (χ0v) is 16.5. The summed E-state index contributed by atoms with van der Waals surface area (Å²) in [5.41, 5.74) is 4.11. The van der Waals surface area contributed by atoms with Gasteiger partial charge in [0.1, 0.15) is 0 Å². The number of anilines is 1. The largest absolute Gasteiger partial charge is 0.367 e. The predicted octanol–water partition coefficient (Wildman–Crippen LogP) is 5.86. The second kappa shape index (κ2) is 8.14. The molecule has 3 aromatic carbocycles. The van der Waals surface area contributed by atoms with Crippen LogP contribution in [0.1, 0.15) is 43.4 Å². The van der Waals surface area contributed by atoms with Gasteiger partial charge in [-0.05, 0) is 67.1 Å². The van der Waals surface area contributed by atoms with Gasteiger partial charge < -0.3 is 10.2 Å². The number of piperidine rings is 1. The Balaban J connectivity index is 1.49. The van der Waals surface area contributed by atoms with Crippen molar-refractivity contribution in [2.75, 3.05) is 18.0 Å². The number of hydrogen-bond acceptors (Lipinski definition) is 2. The zero-order chi connectivity index (χ0) is 18.6. The van der Waals surface area contributed by atoms with E-state index in [0.717, 1.165) is 6.54 Å². The van der Waals surface area contributed by atoms with Gasteiger partial charge >= 0.3 is 0 Å². The zero-order valence-electron chi connectivity index (χ0n) is 16.5. The third kappa shape index (κ3) is 4.01. The van der Waals surface area contributed by atoms with Crippen LogP contribution in [0.5, 0.6) is 0 Å². The van der Waals surface area contributed by atoms with Gasteiger partial charge in [-0.15, -0.1) is 0 Å². The van der Waals surface area contributed by atoms with E-state index in [1.165, 1.54) is 53.4 Å². The Morgan fingerprint density at radius 3 is 2.70 bits per heavy atom. The molecule has 2 atom stereocenters. The van der Waals surface area contributed by atoms with E-state index in [9.17, 15) is 0 Å². The number of rotatable bonds is 5. The second-order valence-electron chi connectivity index (χ2n) is 7.88. The van der Waals surface area contributed by atoms with Gasteiger partial charge in [0.25, 0.3) is 0 Å². The number of hydrogen-bond donors (Lipinski definition) is 1. The standard InChI is InChI=1S/C25H30N2/c1-19-9-7-13-22(17-19)27-16-6-5-12-23(27)18-26-20(2)24-15-8-11-21-10-3-4-14-25(21)24/h3-4,7-11,13-15,17,20,23,26H,5-6,12,16,18H2,1-2H3. The summed E-state index contributed by atoms with van der Waals surface area (Å²) in [5.74, 6) is 0. The van der Waals surface area contributed by atoms with Crippen LogP contribution < -0.4 is 10.2 Å². The highest BCUT2D eigenvalue weighted by Gasteiger charge is 2.23. The van der Waals surface area contributed by atoms with Crippen molar-refractivity contribution in [2.45, 2.75) is 45.2 Å². The van der Waals surface area contributed by atoms with Gasteiger partial charge in [0.2, 0.25) is 0 Å². The molecule has 2 nitrogen and oxygen atoms in total. The van der Waals surface area contributed by atoms with Crippen molar-refractivity contribution >= 4 is 16.5 Å². The fourth-order valence-electron chi connectivity index (χ4n) is 4.41. The number of nitrogens with one attached hydrogen (secondary N) is 1. The summed E-state index contributed by atoms with van der Waals surface area (Å²) in [5, 5.41) is 6.52. The van der Waals surface area contributed by atoms with Crippen molar-refractivity contribution < 1.29 is 0 Å². The minimum absolute atomic E-state index is 0.345. The average molecular weight is 359 g/mol. The van der Waals surface area contributed by atoms with Crippen LogP contribution in [0, 0.1) is 6.92 Å². The molecular formula is C25H30N2. The first-order chi connectivity index (χ1) is 13.2. The van der Waals surface area contributed by atoms with Crippen molar-refractivity contribution in [3.63, 3.8) is 0 Å². The lowest BCUT2D eigenvalue weighted by atomic mass is 9.98. The number of aryl methyl sites for hydroxylation is 1. The summed E-state index contributed by atoms with van der Waals surface area (Å²) >= 11 is 0. The molecule has 1 saturated heterocycles. The molecule has 1 fully saturated rings. The number of nitrogens with zero attached hydrogens (tertiary/aromatic N) is 1. The van der Waals surface area contributed by atoms with Gasteiger partial charge in [-0.25, -0.2) is 0 Å². The van der Waals surface area contributed by atoms with Crippen LogP contribution in [-0.2, 0) is 0 Å². The molecule has 4 rings (SSSR count). The van der Waals surface area contributed by atoms with Crippen LogP contribution in [0.3, 0.4) is 0 Å². The number of fused-ring (bicyclic) bond motifs is 1. The van der Waals surface area contributed by atoms with E-state index in [1.54, 1.807) is 0 Å². The summed E-state index contributed by atoms with van der Waals surface area (Å²) in [6, 6.07) is 25.2. The summed E-state index contributed by atoms with van der Waals surface area (Å²) in [4.78, 5) is 2.61. The molecule has 1 aliphatic heterocycles. The smallest absolute Gasteiger partial charge is 0.0414 e. The quantitative estimate of drug-likeness (QED) is 0.615. The number of benzene rings is 3. The Morgan fingerprint density at radius 1 is 1.00 bits per heavy atom. The highest BCUT2D eigenvalue weighted by Crippen LogP contribution is 2.27. The maximum Gasteiger partial charge on any atom is 0.0414 e. The third-order valence-corrected chi connectivity index (χ3v) is 5.91. The van der Waals surface area contributed by atoms with E-state index in [4.69, 9.17) is 0 Å². The van der Waals surface area contributed by atoms with Crippen LogP contribution in [0.2, 0.25) is 0 Å². The molecule has 0 radical (unpaired) electrons. The first-order valence-electron chi connectivity index (χ1n) is 10.3. The molecule has 0 aromatic heterocycles. The summed E-state index contributed by atoms with van der Waals surface area (Å²) in [6.45, 7) is 6.67. The Bertz CT molecular complexity index is 896. The maximum absolute atomic E-state index is 3.83. The van der Waals surface area contributed by atoms with E-state index in [-0.39, 0.29) is 0 Å². The molecule has 2 unspecified atom stereocenters. The van der Waals surface area contributed by atoms with E-state index in [0.29, 0.717) is 12.1 Å². The Hall–Kier alpha value is -2.32. The molecule has 140 valence electrons. The highest BCUT2D eigenvalue weighted by atomic mass is 15.2. The van der Waals surface area contributed by atoms with E-state index < -0.39 is 0 Å². The summed E-state index contributed by atoms with van der Waals surface area (Å²) < 4.78 is 0. The molecule has 0 amide bonds. The third-order valence-electron chi connectivity index (χ3n) is 5.91. The molecule has 3 aromatic rings. The van der Waals surface area contributed by atoms with E-state index >= 15 is 0 Å². The van der Waals surface area contributed by atoms with Gasteiger partial charge in [0.15, 0.2) is 0 Å². The van der Waals surface area contributed by atoms with E-state index in [2.05, 4.69) is 90.8 Å². The van der Waals surface area contributed by atoms with Crippen LogP contribution in [-0.4, -0.2) is 19.1 Å². The fourth-order valence-corrected chi connectivity index (χ4v) is 4.41. The fraction of sp³-hybridized carbons (Fsp3) is 0.360. The molecule has 0 aliphatic carbocycles. The normalized spacial score (nSPS) is 18.6. The molecule has 27 heavy (non-hydrogen) atoms. The Kier molecular flexibility index (Phi) is 5.45. The molecule has 2 heteroatoms. The van der Waals surface area contributed by atoms with Crippen molar-refractivity contribution in [3.8, 4) is 0 Å². The predicted molar refractivity (Wildman–Crippen MR) is 117 cm³/mol. The van der Waals surface area contributed by atoms with Crippen LogP contribution in [0.4, 0.5) is 5.69 Å². The average Bonchev–Trinajstić information content (AvgIpc) is 2.72. The van der Waals surface area contributed by atoms with Crippen LogP contribution in [0.15, 0.2) is 66.7 Å². The van der Waals surface area contributed by atoms with Crippen molar-refractivity contribution in [1.82, 2.24) is 5.32 Å². The molecule has 0 spiro atoms. The van der Waals surface area contributed by atoms with Gasteiger partial charge in [0, 0.05) is 30.9 Å². The minimum atomic E-state index is 0.345. The molecule has 1 N–H and O–H groups in total. The highest BCUT2D eigenvalue weighted by molar-refractivity contribution is 5.86. The van der Waals surface area contributed by atoms with Gasteiger partial charge in [-0.3, -0.25) is 0 Å². The lowest BCUT2D eigenvalue weighted by Gasteiger charge is -2.38. The monoisotopic (exact) mass is 358 g/mol. The minimum Gasteiger partial charge on any atom is -0.367 e. The first-order valence-corrected chi connectivity index (χ1v) is 10.3. The maximum atomic E-state index is 3.83. The Morgan fingerprint density at radius 2 is 1.81 bits per heavy atom. The summed E-state index contributed by atoms with van der Waals surface area (Å²) in [7, 11) is 0. The van der Waals surface area contributed by atoms with Crippen LogP contribution in [0.25, 0.3) is 10.8 Å². The first kappa shape index (κ1) is 18.1. The molecular weight excluding hydrogens is 328 g/mol. The molecule has 1 aliphatic rings. The van der Waals surface area contributed by atoms with Crippen molar-refractivity contribution in [2.24, 2.45) is 0 Å². The lowest BCUT2D eigenvalue weighted by Crippen LogP contribution is -2.46. The van der Waals surface area contributed by atoms with Crippen molar-refractivity contribution in [3.05, 3.63) is 77.9 Å². The molecule has 0 saturated carbocycles. The molecule has 0 bridgehead atoms. The topological polar surface area (TPSA) is 15.3 Å².